The van der Waals surface area contributed by atoms with Crippen LogP contribution in [0.5, 0.6) is 0 Å². The van der Waals surface area contributed by atoms with Gasteiger partial charge in [0.05, 0.1) is 19.0 Å². The SMILES string of the molecule is CC(C)c1ccnc(-c2[c-]ccc3c2oc2nccc(F)c23)c1.[2H]C([2H])([2H])c1c[c-]c(-c2ccc([Si](C)(C)C)cn2)cc1.[Ir]. The van der Waals surface area contributed by atoms with Crippen LogP contribution in [0.25, 0.3) is 44.6 Å². The fourth-order valence-electron chi connectivity index (χ4n) is 4.34. The van der Waals surface area contributed by atoms with Crippen LogP contribution in [-0.4, -0.2) is 23.0 Å². The summed E-state index contributed by atoms with van der Waals surface area (Å²) in [5.41, 5.74) is 5.48. The predicted molar refractivity (Wildman–Crippen MR) is 164 cm³/mol. The zero-order chi connectivity index (χ0) is 30.9. The molecule has 0 saturated carbocycles. The van der Waals surface area contributed by atoms with E-state index in [0.29, 0.717) is 33.6 Å². The van der Waals surface area contributed by atoms with Crippen LogP contribution in [0.15, 0.2) is 83.7 Å². The smallest absolute Gasteiger partial charge is 0.219 e. The Morgan fingerprint density at radius 1 is 0.927 bits per heavy atom. The average molecular weight is 741 g/mol. The first-order valence-electron chi connectivity index (χ1n) is 14.7. The van der Waals surface area contributed by atoms with E-state index >= 15 is 0 Å². The molecule has 211 valence electrons. The largest absolute Gasteiger partial charge is 0.486 e. The molecule has 4 heterocycles. The van der Waals surface area contributed by atoms with Gasteiger partial charge in [-0.15, -0.1) is 53.6 Å². The van der Waals surface area contributed by atoms with Gasteiger partial charge in [-0.3, -0.25) is 0 Å². The summed E-state index contributed by atoms with van der Waals surface area (Å²) in [7, 11) is -1.34. The van der Waals surface area contributed by atoms with Crippen molar-refractivity contribution in [3.63, 3.8) is 0 Å². The van der Waals surface area contributed by atoms with E-state index in [0.717, 1.165) is 22.5 Å². The van der Waals surface area contributed by atoms with E-state index < -0.39 is 14.9 Å². The molecule has 0 amide bonds. The van der Waals surface area contributed by atoms with Crippen LogP contribution in [0.2, 0.25) is 19.6 Å². The Balaban J connectivity index is 0.000000199. The summed E-state index contributed by atoms with van der Waals surface area (Å²) in [5, 5.41) is 2.40. The van der Waals surface area contributed by atoms with Crippen molar-refractivity contribution in [2.24, 2.45) is 0 Å². The quantitative estimate of drug-likeness (QED) is 0.134. The Morgan fingerprint density at radius 2 is 1.73 bits per heavy atom. The standard InChI is InChI=1S/C19H14FN2O.C15H18NSi.Ir/c1-11(2)12-6-8-21-16(10-12)13-4-3-5-14-17-15(20)7-9-22-19(17)23-18(13)14;1-12-5-7-13(8-6-12)15-10-9-14(11-16-15)17(2,3)4;/h3,5-11H,1-2H3;5-7,9-11H,1-4H3;/q2*-1;/i;1D3;. The number of fused-ring (bicyclic) bond motifs is 3. The third kappa shape index (κ3) is 6.70. The predicted octanol–water partition coefficient (Wildman–Crippen LogP) is 8.51. The molecule has 6 rings (SSSR count). The van der Waals surface area contributed by atoms with Crippen LogP contribution in [0.4, 0.5) is 4.39 Å². The van der Waals surface area contributed by atoms with Crippen molar-refractivity contribution in [1.82, 2.24) is 15.0 Å². The van der Waals surface area contributed by atoms with Gasteiger partial charge >= 0.3 is 0 Å². The van der Waals surface area contributed by atoms with E-state index in [1.807, 2.05) is 24.4 Å². The number of furan rings is 1. The first-order chi connectivity index (χ1) is 20.3. The molecule has 0 spiro atoms. The number of benzene rings is 2. The number of aryl methyl sites for hydroxylation is 1. The molecule has 0 aliphatic heterocycles. The van der Waals surface area contributed by atoms with Crippen molar-refractivity contribution in [2.45, 2.75) is 46.3 Å². The van der Waals surface area contributed by atoms with Crippen LogP contribution < -0.4 is 5.19 Å². The van der Waals surface area contributed by atoms with E-state index in [2.05, 4.69) is 66.6 Å². The monoisotopic (exact) mass is 741 g/mol. The van der Waals surface area contributed by atoms with Gasteiger partial charge in [0.15, 0.2) is 0 Å². The Labute approximate surface area is 259 Å². The number of pyridine rings is 3. The Hall–Kier alpha value is -3.51. The van der Waals surface area contributed by atoms with Gasteiger partial charge in [0.1, 0.15) is 5.82 Å². The number of rotatable bonds is 4. The van der Waals surface area contributed by atoms with Gasteiger partial charge in [-0.1, -0.05) is 75.1 Å². The number of hydrogen-bond donors (Lipinski definition) is 0. The first kappa shape index (κ1) is 26.4. The number of hydrogen-bond acceptors (Lipinski definition) is 4. The second-order valence-corrected chi connectivity index (χ2v) is 16.1. The molecule has 4 aromatic heterocycles. The summed E-state index contributed by atoms with van der Waals surface area (Å²) in [6, 6.07) is 24.1. The molecule has 4 nitrogen and oxygen atoms in total. The molecule has 0 aliphatic rings. The van der Waals surface area contributed by atoms with Crippen LogP contribution >= 0.6 is 0 Å². The van der Waals surface area contributed by atoms with Gasteiger partial charge in [0, 0.05) is 42.8 Å². The molecule has 7 heteroatoms. The molecule has 1 radical (unpaired) electrons. The maximum absolute atomic E-state index is 14.1. The van der Waals surface area contributed by atoms with E-state index in [1.165, 1.54) is 29.1 Å². The van der Waals surface area contributed by atoms with Crippen molar-refractivity contribution in [3.8, 4) is 22.5 Å². The molecule has 0 saturated heterocycles. The first-order valence-corrected chi connectivity index (χ1v) is 16.7. The van der Waals surface area contributed by atoms with Crippen LogP contribution in [0, 0.1) is 24.8 Å². The second-order valence-electron chi connectivity index (χ2n) is 11.0. The summed E-state index contributed by atoms with van der Waals surface area (Å²) in [4.78, 5) is 13.0. The van der Waals surface area contributed by atoms with Crippen molar-refractivity contribution >= 4 is 35.3 Å². The van der Waals surface area contributed by atoms with Crippen LogP contribution in [0.1, 0.15) is 35.0 Å². The van der Waals surface area contributed by atoms with Crippen LogP contribution in [-0.2, 0) is 20.1 Å². The minimum Gasteiger partial charge on any atom is -0.486 e. The molecule has 0 bridgehead atoms. The zero-order valence-corrected chi connectivity index (χ0v) is 26.9. The Morgan fingerprint density at radius 3 is 2.39 bits per heavy atom. The third-order valence-electron chi connectivity index (χ3n) is 6.71. The van der Waals surface area contributed by atoms with Crippen LogP contribution in [0.3, 0.4) is 0 Å². The molecule has 0 N–H and O–H groups in total. The molecule has 0 unspecified atom stereocenters. The van der Waals surface area contributed by atoms with E-state index in [1.54, 1.807) is 30.5 Å². The third-order valence-corrected chi connectivity index (χ3v) is 8.74. The fraction of sp³-hybridized carbons (Fsp3) is 0.206. The Kier molecular flexibility index (Phi) is 8.08. The molecule has 2 aromatic carbocycles. The zero-order valence-electron chi connectivity index (χ0n) is 26.5. The maximum Gasteiger partial charge on any atom is 0.219 e. The van der Waals surface area contributed by atoms with Gasteiger partial charge in [-0.05, 0) is 34.6 Å². The molecule has 0 aliphatic carbocycles. The van der Waals surface area contributed by atoms with Gasteiger partial charge in [0.25, 0.3) is 0 Å². The van der Waals surface area contributed by atoms with Crippen molar-refractivity contribution in [1.29, 1.82) is 0 Å². The van der Waals surface area contributed by atoms with Gasteiger partial charge in [0.2, 0.25) is 5.71 Å². The molecular formula is C34H32FIrN3OSi-2. The summed E-state index contributed by atoms with van der Waals surface area (Å²) < 4.78 is 42.0. The topological polar surface area (TPSA) is 51.8 Å². The van der Waals surface area contributed by atoms with Crippen molar-refractivity contribution in [3.05, 3.63) is 108 Å². The second kappa shape index (κ2) is 12.6. The molecule has 6 aromatic rings. The number of halogens is 1. The van der Waals surface area contributed by atoms with E-state index in [4.69, 9.17) is 8.53 Å². The minimum absolute atomic E-state index is 0. The van der Waals surface area contributed by atoms with Gasteiger partial charge in [-0.2, -0.15) is 0 Å². The van der Waals surface area contributed by atoms with E-state index in [-0.39, 0.29) is 25.9 Å². The summed E-state index contributed by atoms with van der Waals surface area (Å²) in [6.07, 6.45) is 5.10. The van der Waals surface area contributed by atoms with Crippen molar-refractivity contribution < 1.29 is 33.0 Å². The summed E-state index contributed by atoms with van der Waals surface area (Å²) in [5.74, 6) is 0.0560. The minimum atomic E-state index is -2.08. The molecule has 0 atom stereocenters. The Bertz CT molecular complexity index is 1830. The van der Waals surface area contributed by atoms with E-state index in [9.17, 15) is 4.39 Å². The molecular weight excluding hydrogens is 706 g/mol. The normalized spacial score (nSPS) is 12.7. The number of nitrogens with zero attached hydrogens (tertiary/aromatic N) is 3. The van der Waals surface area contributed by atoms with Gasteiger partial charge in [-0.25, -0.2) is 9.37 Å². The molecule has 0 fully saturated rings. The average Bonchev–Trinajstić information content (AvgIpc) is 3.37. The summed E-state index contributed by atoms with van der Waals surface area (Å²) >= 11 is 0. The van der Waals surface area contributed by atoms with Crippen molar-refractivity contribution in [2.75, 3.05) is 0 Å². The van der Waals surface area contributed by atoms with Gasteiger partial charge < -0.3 is 14.4 Å². The number of aromatic nitrogens is 3. The fourth-order valence-corrected chi connectivity index (χ4v) is 5.37. The molecule has 41 heavy (non-hydrogen) atoms. The summed E-state index contributed by atoms with van der Waals surface area (Å²) in [6.45, 7) is 9.01. The maximum atomic E-state index is 14.1.